The van der Waals surface area contributed by atoms with Gasteiger partial charge in [0.15, 0.2) is 11.5 Å². The van der Waals surface area contributed by atoms with Gasteiger partial charge in [-0.2, -0.15) is 5.26 Å². The fourth-order valence-electron chi connectivity index (χ4n) is 4.60. The molecule has 0 bridgehead atoms. The Morgan fingerprint density at radius 3 is 2.69 bits per heavy atom. The summed E-state index contributed by atoms with van der Waals surface area (Å²) in [6.07, 6.45) is 0. The maximum absolute atomic E-state index is 10.0. The van der Waals surface area contributed by atoms with Gasteiger partial charge < -0.3 is 24.7 Å². The van der Waals surface area contributed by atoms with Crippen LogP contribution in [0, 0.1) is 11.3 Å². The van der Waals surface area contributed by atoms with Gasteiger partial charge >= 0.3 is 0 Å². The SMILES string of the molecule is CCOc1cc([C@H]2C(C#N)=C(N)Oc3n[nH]c(-c4ccccc4)c32)ccc1OCCN1CCOCC1. The molecule has 2 aliphatic rings. The predicted octanol–water partition coefficient (Wildman–Crippen LogP) is 3.40. The number of morpholine rings is 1. The molecule has 3 N–H and O–H groups in total. The van der Waals surface area contributed by atoms with Crippen LogP contribution < -0.4 is 19.9 Å². The third-order valence-corrected chi connectivity index (χ3v) is 6.37. The minimum absolute atomic E-state index is 0.0462. The highest BCUT2D eigenvalue weighted by Crippen LogP contribution is 2.47. The van der Waals surface area contributed by atoms with Gasteiger partial charge in [0.05, 0.1) is 37.0 Å². The number of nitrogens with zero attached hydrogens (tertiary/aromatic N) is 3. The molecular weight excluding hydrogens is 458 g/mol. The molecule has 0 unspecified atom stereocenters. The van der Waals surface area contributed by atoms with Crippen LogP contribution in [0.15, 0.2) is 60.0 Å². The van der Waals surface area contributed by atoms with Gasteiger partial charge in [-0.25, -0.2) is 0 Å². The third kappa shape index (κ3) is 4.73. The molecule has 1 atom stereocenters. The number of ether oxygens (including phenoxy) is 4. The van der Waals surface area contributed by atoms with E-state index in [1.807, 2.05) is 55.5 Å². The Bertz CT molecular complexity index is 1280. The minimum Gasteiger partial charge on any atom is -0.490 e. The number of hydrogen-bond acceptors (Lipinski definition) is 8. The predicted molar refractivity (Wildman–Crippen MR) is 134 cm³/mol. The lowest BCUT2D eigenvalue weighted by Gasteiger charge is -2.27. The summed E-state index contributed by atoms with van der Waals surface area (Å²) in [6.45, 7) is 7.08. The Hall–Kier alpha value is -4.00. The molecule has 1 aromatic heterocycles. The molecule has 0 aliphatic carbocycles. The number of aromatic nitrogens is 2. The first-order valence-electron chi connectivity index (χ1n) is 12.1. The number of nitrogens with one attached hydrogen (secondary N) is 1. The van der Waals surface area contributed by atoms with Crippen molar-refractivity contribution < 1.29 is 18.9 Å². The van der Waals surface area contributed by atoms with Crippen molar-refractivity contribution in [3.8, 4) is 34.7 Å². The first-order valence-corrected chi connectivity index (χ1v) is 12.1. The summed E-state index contributed by atoms with van der Waals surface area (Å²) in [5.41, 5.74) is 9.79. The molecule has 9 nitrogen and oxygen atoms in total. The summed E-state index contributed by atoms with van der Waals surface area (Å²) in [6, 6.07) is 17.8. The van der Waals surface area contributed by atoms with Crippen LogP contribution in [-0.4, -0.2) is 61.2 Å². The average molecular weight is 488 g/mol. The van der Waals surface area contributed by atoms with E-state index in [2.05, 4.69) is 21.2 Å². The lowest BCUT2D eigenvalue weighted by atomic mass is 9.83. The topological polar surface area (TPSA) is 119 Å². The number of rotatable bonds is 8. The molecule has 3 aromatic rings. The second kappa shape index (κ2) is 10.7. The summed E-state index contributed by atoms with van der Waals surface area (Å²) in [4.78, 5) is 2.32. The van der Waals surface area contributed by atoms with Gasteiger partial charge in [0.1, 0.15) is 18.2 Å². The normalized spacial score (nSPS) is 17.7. The largest absolute Gasteiger partial charge is 0.490 e. The molecule has 3 heterocycles. The van der Waals surface area contributed by atoms with Gasteiger partial charge in [-0.05, 0) is 30.2 Å². The molecule has 36 heavy (non-hydrogen) atoms. The lowest BCUT2D eigenvalue weighted by Crippen LogP contribution is -2.38. The molecular formula is C27H29N5O4. The molecule has 0 spiro atoms. The van der Waals surface area contributed by atoms with Crippen molar-refractivity contribution in [2.75, 3.05) is 46.1 Å². The Balaban J connectivity index is 1.48. The first-order chi connectivity index (χ1) is 17.7. The van der Waals surface area contributed by atoms with Crippen molar-refractivity contribution in [3.63, 3.8) is 0 Å². The summed E-state index contributed by atoms with van der Waals surface area (Å²) in [5, 5.41) is 17.4. The molecule has 0 radical (unpaired) electrons. The van der Waals surface area contributed by atoms with E-state index < -0.39 is 5.92 Å². The van der Waals surface area contributed by atoms with Crippen LogP contribution in [0.5, 0.6) is 17.4 Å². The third-order valence-electron chi connectivity index (χ3n) is 6.37. The van der Waals surface area contributed by atoms with Gasteiger partial charge in [0, 0.05) is 19.6 Å². The van der Waals surface area contributed by atoms with E-state index in [0.29, 0.717) is 36.2 Å². The second-order valence-electron chi connectivity index (χ2n) is 8.55. The highest BCUT2D eigenvalue weighted by atomic mass is 16.5. The van der Waals surface area contributed by atoms with E-state index in [9.17, 15) is 5.26 Å². The maximum atomic E-state index is 10.0. The van der Waals surface area contributed by atoms with E-state index in [1.54, 1.807) is 0 Å². The molecule has 9 heteroatoms. The Labute approximate surface area is 210 Å². The highest BCUT2D eigenvalue weighted by molar-refractivity contribution is 5.71. The fourth-order valence-corrected chi connectivity index (χ4v) is 4.60. The maximum Gasteiger partial charge on any atom is 0.244 e. The van der Waals surface area contributed by atoms with Crippen LogP contribution in [0.2, 0.25) is 0 Å². The lowest BCUT2D eigenvalue weighted by molar-refractivity contribution is 0.0321. The smallest absolute Gasteiger partial charge is 0.244 e. The molecule has 5 rings (SSSR count). The van der Waals surface area contributed by atoms with Crippen molar-refractivity contribution in [2.24, 2.45) is 5.73 Å². The van der Waals surface area contributed by atoms with Crippen LogP contribution in [0.3, 0.4) is 0 Å². The van der Waals surface area contributed by atoms with Gasteiger partial charge in [-0.15, -0.1) is 5.10 Å². The summed E-state index contributed by atoms with van der Waals surface area (Å²) < 4.78 is 23.2. The number of allylic oxidation sites excluding steroid dienone is 1. The van der Waals surface area contributed by atoms with Crippen molar-refractivity contribution in [2.45, 2.75) is 12.8 Å². The van der Waals surface area contributed by atoms with E-state index in [0.717, 1.165) is 55.2 Å². The standard InChI is InChI=1S/C27H29N5O4/c1-2-34-22-16-19(8-9-21(22)35-15-12-32-10-13-33-14-11-32)23-20(17-28)26(29)36-27-24(23)25(30-31-27)18-6-4-3-5-7-18/h3-9,16,23H,2,10-15,29H2,1H3,(H,30,31)/t23-/m0/s1. The van der Waals surface area contributed by atoms with Crippen LogP contribution >= 0.6 is 0 Å². The van der Waals surface area contributed by atoms with Crippen molar-refractivity contribution in [1.82, 2.24) is 15.1 Å². The minimum atomic E-state index is -0.477. The molecule has 1 fully saturated rings. The quantitative estimate of drug-likeness (QED) is 0.496. The summed E-state index contributed by atoms with van der Waals surface area (Å²) in [7, 11) is 0. The molecule has 186 valence electrons. The number of nitrogens with two attached hydrogens (primary N) is 1. The summed E-state index contributed by atoms with van der Waals surface area (Å²) >= 11 is 0. The van der Waals surface area contributed by atoms with E-state index in [-0.39, 0.29) is 5.88 Å². The zero-order valence-corrected chi connectivity index (χ0v) is 20.2. The number of benzene rings is 2. The van der Waals surface area contributed by atoms with Crippen LogP contribution in [-0.2, 0) is 4.74 Å². The number of fused-ring (bicyclic) bond motifs is 1. The Morgan fingerprint density at radius 2 is 1.94 bits per heavy atom. The average Bonchev–Trinajstić information content (AvgIpc) is 3.33. The van der Waals surface area contributed by atoms with Gasteiger partial charge in [0.25, 0.3) is 0 Å². The summed E-state index contributed by atoms with van der Waals surface area (Å²) in [5.74, 6) is 1.20. The van der Waals surface area contributed by atoms with Crippen molar-refractivity contribution in [3.05, 3.63) is 71.1 Å². The molecule has 2 aliphatic heterocycles. The van der Waals surface area contributed by atoms with Crippen LogP contribution in [0.4, 0.5) is 0 Å². The first kappa shape index (κ1) is 23.7. The zero-order chi connectivity index (χ0) is 24.9. The van der Waals surface area contributed by atoms with Crippen LogP contribution in [0.1, 0.15) is 24.0 Å². The van der Waals surface area contributed by atoms with Gasteiger partial charge in [0.2, 0.25) is 11.8 Å². The number of hydrogen-bond donors (Lipinski definition) is 2. The van der Waals surface area contributed by atoms with Crippen LogP contribution in [0.25, 0.3) is 11.3 Å². The highest BCUT2D eigenvalue weighted by Gasteiger charge is 2.36. The van der Waals surface area contributed by atoms with E-state index in [1.165, 1.54) is 0 Å². The fraction of sp³-hybridized carbons (Fsp3) is 0.333. The molecule has 0 saturated carbocycles. The number of nitriles is 1. The van der Waals surface area contributed by atoms with E-state index in [4.69, 9.17) is 24.7 Å². The van der Waals surface area contributed by atoms with E-state index >= 15 is 0 Å². The van der Waals surface area contributed by atoms with Gasteiger partial charge in [-0.3, -0.25) is 10.00 Å². The Morgan fingerprint density at radius 1 is 1.14 bits per heavy atom. The monoisotopic (exact) mass is 487 g/mol. The zero-order valence-electron chi connectivity index (χ0n) is 20.2. The van der Waals surface area contributed by atoms with Crippen molar-refractivity contribution in [1.29, 1.82) is 5.26 Å². The molecule has 2 aromatic carbocycles. The Kier molecular flexibility index (Phi) is 7.07. The van der Waals surface area contributed by atoms with Gasteiger partial charge in [-0.1, -0.05) is 36.4 Å². The van der Waals surface area contributed by atoms with Crippen molar-refractivity contribution >= 4 is 0 Å². The second-order valence-corrected chi connectivity index (χ2v) is 8.55. The molecule has 1 saturated heterocycles. The number of H-pyrrole nitrogens is 1. The molecule has 0 amide bonds. The number of aromatic amines is 1.